The SMILES string of the molecule is CCN(CC)C1CCN(c2ccc(CN)cn2)C1. The summed E-state index contributed by atoms with van der Waals surface area (Å²) in [5, 5.41) is 0. The summed E-state index contributed by atoms with van der Waals surface area (Å²) < 4.78 is 0. The molecule has 1 saturated heterocycles. The van der Waals surface area contributed by atoms with Gasteiger partial charge in [-0.15, -0.1) is 0 Å². The van der Waals surface area contributed by atoms with E-state index in [0.717, 1.165) is 37.6 Å². The highest BCUT2D eigenvalue weighted by Crippen LogP contribution is 2.21. The Hall–Kier alpha value is -1.13. The molecule has 2 N–H and O–H groups in total. The van der Waals surface area contributed by atoms with Gasteiger partial charge in [0.05, 0.1) is 0 Å². The predicted octanol–water partition coefficient (Wildman–Crippen LogP) is 1.46. The smallest absolute Gasteiger partial charge is 0.128 e. The van der Waals surface area contributed by atoms with Crippen LogP contribution in [-0.4, -0.2) is 42.1 Å². The van der Waals surface area contributed by atoms with Crippen LogP contribution in [0.4, 0.5) is 5.82 Å². The lowest BCUT2D eigenvalue weighted by molar-refractivity contribution is 0.232. The van der Waals surface area contributed by atoms with Gasteiger partial charge >= 0.3 is 0 Å². The molecule has 1 aromatic heterocycles. The Labute approximate surface area is 110 Å². The lowest BCUT2D eigenvalue weighted by Gasteiger charge is -2.26. The molecule has 0 amide bonds. The molecule has 1 atom stereocenters. The van der Waals surface area contributed by atoms with Gasteiger partial charge < -0.3 is 10.6 Å². The van der Waals surface area contributed by atoms with Crippen molar-refractivity contribution in [3.8, 4) is 0 Å². The fraction of sp³-hybridized carbons (Fsp3) is 0.643. The molecule has 0 aliphatic carbocycles. The maximum Gasteiger partial charge on any atom is 0.128 e. The summed E-state index contributed by atoms with van der Waals surface area (Å²) in [6.45, 7) is 9.51. The summed E-state index contributed by atoms with van der Waals surface area (Å²) in [7, 11) is 0. The Balaban J connectivity index is 1.99. The molecule has 0 spiro atoms. The van der Waals surface area contributed by atoms with E-state index in [4.69, 9.17) is 5.73 Å². The highest BCUT2D eigenvalue weighted by atomic mass is 15.3. The molecule has 0 bridgehead atoms. The lowest BCUT2D eigenvalue weighted by Crippen LogP contribution is -2.37. The van der Waals surface area contributed by atoms with E-state index in [-0.39, 0.29) is 0 Å². The first-order valence-corrected chi connectivity index (χ1v) is 6.92. The maximum atomic E-state index is 5.59. The Kier molecular flexibility index (Phi) is 4.55. The number of rotatable bonds is 5. The van der Waals surface area contributed by atoms with Crippen LogP contribution in [-0.2, 0) is 6.54 Å². The fourth-order valence-corrected chi connectivity index (χ4v) is 2.71. The third-order valence-corrected chi connectivity index (χ3v) is 3.86. The van der Waals surface area contributed by atoms with Gasteiger partial charge in [0.25, 0.3) is 0 Å². The Morgan fingerprint density at radius 1 is 1.39 bits per heavy atom. The summed E-state index contributed by atoms with van der Waals surface area (Å²) in [4.78, 5) is 9.42. The largest absolute Gasteiger partial charge is 0.355 e. The van der Waals surface area contributed by atoms with Crippen molar-refractivity contribution >= 4 is 5.82 Å². The highest BCUT2D eigenvalue weighted by molar-refractivity contribution is 5.40. The average molecular weight is 248 g/mol. The molecular weight excluding hydrogens is 224 g/mol. The van der Waals surface area contributed by atoms with Gasteiger partial charge in [0.15, 0.2) is 0 Å². The molecule has 0 saturated carbocycles. The number of anilines is 1. The molecule has 1 aromatic rings. The van der Waals surface area contributed by atoms with Crippen LogP contribution in [0.25, 0.3) is 0 Å². The van der Waals surface area contributed by atoms with Gasteiger partial charge in [0.1, 0.15) is 5.82 Å². The minimum Gasteiger partial charge on any atom is -0.355 e. The number of likely N-dealkylation sites (N-methyl/N-ethyl adjacent to an activating group) is 1. The van der Waals surface area contributed by atoms with Gasteiger partial charge in [-0.3, -0.25) is 4.90 Å². The van der Waals surface area contributed by atoms with Crippen LogP contribution < -0.4 is 10.6 Å². The zero-order valence-corrected chi connectivity index (χ0v) is 11.5. The Morgan fingerprint density at radius 3 is 2.72 bits per heavy atom. The molecule has 2 rings (SSSR count). The summed E-state index contributed by atoms with van der Waals surface area (Å²) in [5.41, 5.74) is 6.69. The van der Waals surface area contributed by atoms with E-state index in [2.05, 4.69) is 40.8 Å². The third-order valence-electron chi connectivity index (χ3n) is 3.86. The molecule has 4 heteroatoms. The second-order valence-corrected chi connectivity index (χ2v) is 4.84. The molecule has 0 radical (unpaired) electrons. The zero-order chi connectivity index (χ0) is 13.0. The van der Waals surface area contributed by atoms with E-state index >= 15 is 0 Å². The Bertz CT molecular complexity index is 359. The van der Waals surface area contributed by atoms with Crippen molar-refractivity contribution in [3.63, 3.8) is 0 Å². The molecule has 1 aliphatic rings. The van der Waals surface area contributed by atoms with E-state index < -0.39 is 0 Å². The van der Waals surface area contributed by atoms with Gasteiger partial charge in [0.2, 0.25) is 0 Å². The first-order valence-electron chi connectivity index (χ1n) is 6.92. The maximum absolute atomic E-state index is 5.59. The molecule has 4 nitrogen and oxygen atoms in total. The zero-order valence-electron chi connectivity index (χ0n) is 11.5. The molecular formula is C14H24N4. The van der Waals surface area contributed by atoms with E-state index in [1.165, 1.54) is 6.42 Å². The van der Waals surface area contributed by atoms with Crippen LogP contribution in [0.1, 0.15) is 25.8 Å². The van der Waals surface area contributed by atoms with Crippen molar-refractivity contribution in [2.75, 3.05) is 31.1 Å². The predicted molar refractivity (Wildman–Crippen MR) is 75.7 cm³/mol. The number of aromatic nitrogens is 1. The minimum absolute atomic E-state index is 0.565. The van der Waals surface area contributed by atoms with Gasteiger partial charge in [-0.25, -0.2) is 4.98 Å². The monoisotopic (exact) mass is 248 g/mol. The topological polar surface area (TPSA) is 45.4 Å². The number of nitrogens with two attached hydrogens (primary N) is 1. The van der Waals surface area contributed by atoms with E-state index in [1.807, 2.05) is 6.20 Å². The summed E-state index contributed by atoms with van der Waals surface area (Å²) in [6, 6.07) is 4.84. The first-order chi connectivity index (χ1) is 8.78. The molecule has 1 unspecified atom stereocenters. The highest BCUT2D eigenvalue weighted by Gasteiger charge is 2.26. The number of hydrogen-bond donors (Lipinski definition) is 1. The lowest BCUT2D eigenvalue weighted by atomic mass is 10.2. The number of pyridine rings is 1. The van der Waals surface area contributed by atoms with Gasteiger partial charge in [0, 0.05) is 31.9 Å². The van der Waals surface area contributed by atoms with E-state index in [9.17, 15) is 0 Å². The molecule has 2 heterocycles. The molecule has 1 aliphatic heterocycles. The van der Waals surface area contributed by atoms with Crippen LogP contribution >= 0.6 is 0 Å². The van der Waals surface area contributed by atoms with Crippen LogP contribution in [0.15, 0.2) is 18.3 Å². The number of nitrogens with zero attached hydrogens (tertiary/aromatic N) is 3. The molecule has 18 heavy (non-hydrogen) atoms. The van der Waals surface area contributed by atoms with Gasteiger partial charge in [-0.1, -0.05) is 19.9 Å². The molecule has 1 fully saturated rings. The second-order valence-electron chi connectivity index (χ2n) is 4.84. The quantitative estimate of drug-likeness (QED) is 0.857. The molecule has 0 aromatic carbocycles. The van der Waals surface area contributed by atoms with E-state index in [1.54, 1.807) is 0 Å². The van der Waals surface area contributed by atoms with Crippen molar-refractivity contribution in [3.05, 3.63) is 23.9 Å². The first kappa shape index (κ1) is 13.3. The van der Waals surface area contributed by atoms with Crippen molar-refractivity contribution in [2.45, 2.75) is 32.9 Å². The average Bonchev–Trinajstić information content (AvgIpc) is 2.90. The normalized spacial score (nSPS) is 19.8. The summed E-state index contributed by atoms with van der Waals surface area (Å²) >= 11 is 0. The summed E-state index contributed by atoms with van der Waals surface area (Å²) in [6.07, 6.45) is 3.13. The summed E-state index contributed by atoms with van der Waals surface area (Å²) in [5.74, 6) is 1.09. The Morgan fingerprint density at radius 2 is 2.17 bits per heavy atom. The van der Waals surface area contributed by atoms with Crippen molar-refractivity contribution in [2.24, 2.45) is 5.73 Å². The third kappa shape index (κ3) is 2.82. The van der Waals surface area contributed by atoms with Crippen LogP contribution in [0.5, 0.6) is 0 Å². The fourth-order valence-electron chi connectivity index (χ4n) is 2.71. The number of hydrogen-bond acceptors (Lipinski definition) is 4. The van der Waals surface area contributed by atoms with E-state index in [0.29, 0.717) is 12.6 Å². The van der Waals surface area contributed by atoms with Crippen molar-refractivity contribution < 1.29 is 0 Å². The van der Waals surface area contributed by atoms with Crippen LogP contribution in [0.3, 0.4) is 0 Å². The van der Waals surface area contributed by atoms with Gasteiger partial charge in [-0.2, -0.15) is 0 Å². The molecule has 100 valence electrons. The van der Waals surface area contributed by atoms with Crippen molar-refractivity contribution in [1.29, 1.82) is 0 Å². The standard InChI is InChI=1S/C14H24N4/c1-3-17(4-2)13-7-8-18(11-13)14-6-5-12(9-15)10-16-14/h5-6,10,13H,3-4,7-9,11,15H2,1-2H3. The minimum atomic E-state index is 0.565. The van der Waals surface area contributed by atoms with Crippen LogP contribution in [0, 0.1) is 0 Å². The van der Waals surface area contributed by atoms with Crippen LogP contribution in [0.2, 0.25) is 0 Å². The van der Waals surface area contributed by atoms with Crippen molar-refractivity contribution in [1.82, 2.24) is 9.88 Å². The second kappa shape index (κ2) is 6.16. The van der Waals surface area contributed by atoms with Gasteiger partial charge in [-0.05, 0) is 31.1 Å².